The third kappa shape index (κ3) is 3.73. The fourth-order valence-corrected chi connectivity index (χ4v) is 3.20. The smallest absolute Gasteiger partial charge is 0.0236 e. The molecule has 1 fully saturated rings. The highest BCUT2D eigenvalue weighted by Gasteiger charge is 2.19. The molecule has 0 saturated carbocycles. The van der Waals surface area contributed by atoms with Crippen molar-refractivity contribution in [2.45, 2.75) is 39.7 Å². The van der Waals surface area contributed by atoms with E-state index in [0.29, 0.717) is 0 Å². The van der Waals surface area contributed by atoms with E-state index >= 15 is 0 Å². The van der Waals surface area contributed by atoms with E-state index in [0.717, 1.165) is 18.3 Å². The summed E-state index contributed by atoms with van der Waals surface area (Å²) in [5.74, 6) is 1.61. The molecule has 1 atom stereocenters. The number of aryl methyl sites for hydroxylation is 2. The van der Waals surface area contributed by atoms with Gasteiger partial charge in [0.15, 0.2) is 0 Å². The Bertz CT molecular complexity index is 387. The van der Waals surface area contributed by atoms with Crippen LogP contribution < -0.4 is 0 Å². The monoisotopic (exact) mass is 265 g/mol. The first kappa shape index (κ1) is 13.9. The van der Waals surface area contributed by atoms with E-state index in [2.05, 4.69) is 36.9 Å². The summed E-state index contributed by atoms with van der Waals surface area (Å²) in [5, 5.41) is 0. The molecule has 0 bridgehead atoms. The standard InChI is InChI=1S/C16H24ClN/c1-13-5-6-14(2)16(10-13)12-18-9-3-4-15(11-18)7-8-17/h5-6,10,15H,3-4,7-9,11-12H2,1-2H3. The van der Waals surface area contributed by atoms with Gasteiger partial charge in [0.25, 0.3) is 0 Å². The van der Waals surface area contributed by atoms with E-state index in [-0.39, 0.29) is 0 Å². The van der Waals surface area contributed by atoms with E-state index in [4.69, 9.17) is 11.6 Å². The van der Waals surface area contributed by atoms with Crippen LogP contribution in [0, 0.1) is 19.8 Å². The average Bonchev–Trinajstić information content (AvgIpc) is 2.35. The third-order valence-electron chi connectivity index (χ3n) is 4.02. The normalized spacial score (nSPS) is 21.2. The van der Waals surface area contributed by atoms with E-state index in [1.54, 1.807) is 0 Å². The van der Waals surface area contributed by atoms with Crippen LogP contribution >= 0.6 is 11.6 Å². The second-order valence-electron chi connectivity index (χ2n) is 5.65. The zero-order chi connectivity index (χ0) is 13.0. The van der Waals surface area contributed by atoms with Crippen molar-refractivity contribution in [3.05, 3.63) is 34.9 Å². The molecule has 1 aromatic rings. The van der Waals surface area contributed by atoms with Crippen LogP contribution in [0.3, 0.4) is 0 Å². The Morgan fingerprint density at radius 2 is 2.17 bits per heavy atom. The Balaban J connectivity index is 1.98. The highest BCUT2D eigenvalue weighted by atomic mass is 35.5. The van der Waals surface area contributed by atoms with Gasteiger partial charge < -0.3 is 0 Å². The molecule has 2 heteroatoms. The Kier molecular flexibility index (Phi) is 5.08. The first-order valence-electron chi connectivity index (χ1n) is 7.03. The number of hydrogen-bond donors (Lipinski definition) is 0. The Morgan fingerprint density at radius 1 is 1.33 bits per heavy atom. The predicted molar refractivity (Wildman–Crippen MR) is 79.3 cm³/mol. The molecule has 18 heavy (non-hydrogen) atoms. The van der Waals surface area contributed by atoms with Crippen LogP contribution in [0.15, 0.2) is 18.2 Å². The van der Waals surface area contributed by atoms with Gasteiger partial charge in [-0.25, -0.2) is 0 Å². The molecular weight excluding hydrogens is 242 g/mol. The summed E-state index contributed by atoms with van der Waals surface area (Å²) in [6.07, 6.45) is 3.85. The lowest BCUT2D eigenvalue weighted by Gasteiger charge is -2.33. The van der Waals surface area contributed by atoms with Crippen molar-refractivity contribution in [2.75, 3.05) is 19.0 Å². The summed E-state index contributed by atoms with van der Waals surface area (Å²) < 4.78 is 0. The summed E-state index contributed by atoms with van der Waals surface area (Å²) in [5.41, 5.74) is 4.27. The van der Waals surface area contributed by atoms with Crippen molar-refractivity contribution in [2.24, 2.45) is 5.92 Å². The molecule has 2 rings (SSSR count). The molecular formula is C16H24ClN. The van der Waals surface area contributed by atoms with Crippen LogP contribution in [-0.4, -0.2) is 23.9 Å². The van der Waals surface area contributed by atoms with Gasteiger partial charge in [-0.3, -0.25) is 4.90 Å². The lowest BCUT2D eigenvalue weighted by Crippen LogP contribution is -2.35. The number of rotatable bonds is 4. The number of likely N-dealkylation sites (tertiary alicyclic amines) is 1. The van der Waals surface area contributed by atoms with E-state index < -0.39 is 0 Å². The van der Waals surface area contributed by atoms with Gasteiger partial charge in [0, 0.05) is 19.0 Å². The number of halogens is 1. The van der Waals surface area contributed by atoms with Gasteiger partial charge in [0.2, 0.25) is 0 Å². The van der Waals surface area contributed by atoms with Crippen LogP contribution in [0.5, 0.6) is 0 Å². The summed E-state index contributed by atoms with van der Waals surface area (Å²) >= 11 is 5.87. The van der Waals surface area contributed by atoms with Gasteiger partial charge >= 0.3 is 0 Å². The topological polar surface area (TPSA) is 3.24 Å². The highest BCUT2D eigenvalue weighted by molar-refractivity contribution is 6.17. The zero-order valence-corrected chi connectivity index (χ0v) is 12.3. The highest BCUT2D eigenvalue weighted by Crippen LogP contribution is 2.22. The number of nitrogens with zero attached hydrogens (tertiary/aromatic N) is 1. The maximum atomic E-state index is 5.87. The number of piperidine rings is 1. The lowest BCUT2D eigenvalue weighted by atomic mass is 9.95. The molecule has 1 heterocycles. The van der Waals surface area contributed by atoms with Crippen molar-refractivity contribution in [3.8, 4) is 0 Å². The molecule has 0 spiro atoms. The molecule has 0 N–H and O–H groups in total. The minimum Gasteiger partial charge on any atom is -0.299 e. The van der Waals surface area contributed by atoms with Gasteiger partial charge in [0.1, 0.15) is 0 Å². The molecule has 1 aliphatic rings. The average molecular weight is 266 g/mol. The van der Waals surface area contributed by atoms with Crippen molar-refractivity contribution in [1.29, 1.82) is 0 Å². The minimum atomic E-state index is 0.807. The molecule has 1 aromatic carbocycles. The molecule has 1 saturated heterocycles. The molecule has 1 unspecified atom stereocenters. The van der Waals surface area contributed by atoms with Gasteiger partial charge in [-0.2, -0.15) is 0 Å². The van der Waals surface area contributed by atoms with E-state index in [9.17, 15) is 0 Å². The molecule has 100 valence electrons. The number of alkyl halides is 1. The molecule has 0 aliphatic carbocycles. The van der Waals surface area contributed by atoms with Crippen LogP contribution in [0.2, 0.25) is 0 Å². The second-order valence-corrected chi connectivity index (χ2v) is 6.03. The SMILES string of the molecule is Cc1ccc(C)c(CN2CCCC(CCCl)C2)c1. The fraction of sp³-hybridized carbons (Fsp3) is 0.625. The van der Waals surface area contributed by atoms with Crippen molar-refractivity contribution in [1.82, 2.24) is 4.90 Å². The summed E-state index contributed by atoms with van der Waals surface area (Å²) in [6.45, 7) is 7.96. The van der Waals surface area contributed by atoms with E-state index in [1.165, 1.54) is 49.0 Å². The summed E-state index contributed by atoms with van der Waals surface area (Å²) in [7, 11) is 0. The molecule has 0 radical (unpaired) electrons. The molecule has 1 aliphatic heterocycles. The number of benzene rings is 1. The van der Waals surface area contributed by atoms with Crippen LogP contribution in [-0.2, 0) is 6.54 Å². The zero-order valence-electron chi connectivity index (χ0n) is 11.6. The molecule has 1 nitrogen and oxygen atoms in total. The van der Waals surface area contributed by atoms with Crippen LogP contribution in [0.4, 0.5) is 0 Å². The fourth-order valence-electron chi connectivity index (χ4n) is 2.90. The predicted octanol–water partition coefficient (Wildman–Crippen LogP) is 4.14. The van der Waals surface area contributed by atoms with Crippen molar-refractivity contribution >= 4 is 11.6 Å². The molecule has 0 amide bonds. The van der Waals surface area contributed by atoms with Crippen LogP contribution in [0.25, 0.3) is 0 Å². The maximum absolute atomic E-state index is 5.87. The van der Waals surface area contributed by atoms with E-state index in [1.807, 2.05) is 0 Å². The summed E-state index contributed by atoms with van der Waals surface area (Å²) in [6, 6.07) is 6.77. The minimum absolute atomic E-state index is 0.807. The first-order chi connectivity index (χ1) is 8.69. The largest absolute Gasteiger partial charge is 0.299 e. The lowest BCUT2D eigenvalue weighted by molar-refractivity contribution is 0.165. The Morgan fingerprint density at radius 3 is 2.94 bits per heavy atom. The Hall–Kier alpha value is -0.530. The number of hydrogen-bond acceptors (Lipinski definition) is 1. The van der Waals surface area contributed by atoms with Crippen molar-refractivity contribution < 1.29 is 0 Å². The Labute approximate surface area is 116 Å². The van der Waals surface area contributed by atoms with Gasteiger partial charge in [0.05, 0.1) is 0 Å². The first-order valence-corrected chi connectivity index (χ1v) is 7.57. The van der Waals surface area contributed by atoms with Crippen molar-refractivity contribution in [3.63, 3.8) is 0 Å². The second kappa shape index (κ2) is 6.58. The maximum Gasteiger partial charge on any atom is 0.0236 e. The molecule has 0 aromatic heterocycles. The van der Waals surface area contributed by atoms with Crippen LogP contribution in [0.1, 0.15) is 36.0 Å². The van der Waals surface area contributed by atoms with Gasteiger partial charge in [-0.05, 0) is 56.7 Å². The quantitative estimate of drug-likeness (QED) is 0.740. The van der Waals surface area contributed by atoms with Gasteiger partial charge in [-0.15, -0.1) is 11.6 Å². The third-order valence-corrected chi connectivity index (χ3v) is 4.24. The van der Waals surface area contributed by atoms with Gasteiger partial charge in [-0.1, -0.05) is 23.8 Å². The summed E-state index contributed by atoms with van der Waals surface area (Å²) in [4.78, 5) is 2.60.